The van der Waals surface area contributed by atoms with E-state index >= 15 is 26.3 Å². The maximum absolute atomic E-state index is 15.5. The molecule has 2 aliphatic carbocycles. The lowest BCUT2D eigenvalue weighted by Gasteiger charge is -2.60. The zero-order chi connectivity index (χ0) is 28.6. The first-order valence-corrected chi connectivity index (χ1v) is 13.5. The van der Waals surface area contributed by atoms with Crippen LogP contribution in [0.1, 0.15) is 12.8 Å². The monoisotopic (exact) mass is 584 g/mol. The van der Waals surface area contributed by atoms with Gasteiger partial charge in [0, 0.05) is 28.4 Å². The molecule has 0 aliphatic heterocycles. The molecule has 0 radical (unpaired) electrons. The van der Waals surface area contributed by atoms with Crippen molar-refractivity contribution < 1.29 is 63.0 Å². The summed E-state index contributed by atoms with van der Waals surface area (Å²) in [4.78, 5) is 0. The van der Waals surface area contributed by atoms with Crippen LogP contribution in [0, 0.1) is 5.41 Å². The summed E-state index contributed by atoms with van der Waals surface area (Å²) in [6, 6.07) is 0. The molecule has 2 atom stereocenters. The van der Waals surface area contributed by atoms with Gasteiger partial charge in [-0.1, -0.05) is 12.2 Å². The van der Waals surface area contributed by atoms with Crippen molar-refractivity contribution in [3.05, 3.63) is 48.0 Å². The van der Waals surface area contributed by atoms with Crippen molar-refractivity contribution >= 4 is 15.2 Å². The lowest BCUT2D eigenvalue weighted by Crippen LogP contribution is -2.74. The number of halogens is 6. The summed E-state index contributed by atoms with van der Waals surface area (Å²) in [6.45, 7) is 0. The Bertz CT molecular complexity index is 980. The Morgan fingerprint density at radius 2 is 0.946 bits per heavy atom. The van der Waals surface area contributed by atoms with Crippen LogP contribution in [0.15, 0.2) is 48.0 Å². The van der Waals surface area contributed by atoms with Gasteiger partial charge in [0.25, 0.3) is 0 Å². The number of methoxy groups -OCH3 is 2. The molecule has 0 aromatic heterocycles. The highest BCUT2D eigenvalue weighted by Crippen LogP contribution is 2.84. The standard InChI is InChI=1S/C21H28F6O8P2/c1-30-15-7-11-17(12-8-15,36(28,32-3)33-4)19(20(22,23)24,21(25,26)27)18(37(29,34-5)35-6)13-9-16(31-2)10-14-18/h7-11,13H,12,14H2,1-6H3. The lowest BCUT2D eigenvalue weighted by molar-refractivity contribution is -0.360. The number of rotatable bonds is 10. The Labute approximate surface area is 210 Å². The van der Waals surface area contributed by atoms with Crippen LogP contribution in [0.2, 0.25) is 0 Å². The van der Waals surface area contributed by atoms with Crippen molar-refractivity contribution in [1.82, 2.24) is 0 Å². The third kappa shape index (κ3) is 4.24. The highest BCUT2D eigenvalue weighted by atomic mass is 31.2. The maximum atomic E-state index is 15.5. The van der Waals surface area contributed by atoms with Crippen LogP contribution in [-0.2, 0) is 36.7 Å². The molecular weight excluding hydrogens is 556 g/mol. The van der Waals surface area contributed by atoms with Crippen molar-refractivity contribution in [2.45, 2.75) is 35.5 Å². The molecule has 212 valence electrons. The molecule has 0 aromatic rings. The molecule has 16 heteroatoms. The van der Waals surface area contributed by atoms with E-state index in [1.54, 1.807) is 0 Å². The van der Waals surface area contributed by atoms with Gasteiger partial charge < -0.3 is 27.6 Å². The maximum Gasteiger partial charge on any atom is 0.406 e. The SMILES string of the molecule is COC1=CCC(C(C(F)(F)F)(C(F)(F)F)C2(P(=O)(OC)OC)C=CC(OC)=CC2)(P(=O)(OC)OC)C=C1. The minimum absolute atomic E-state index is 0.107. The Morgan fingerprint density at radius 1 is 0.649 bits per heavy atom. The summed E-state index contributed by atoms with van der Waals surface area (Å²) in [5, 5.41) is -7.14. The van der Waals surface area contributed by atoms with Gasteiger partial charge in [0.2, 0.25) is 5.41 Å². The Hall–Kier alpha value is -1.56. The van der Waals surface area contributed by atoms with Crippen molar-refractivity contribution in [2.75, 3.05) is 42.7 Å². The van der Waals surface area contributed by atoms with Gasteiger partial charge in [-0.25, -0.2) is 0 Å². The fourth-order valence-corrected chi connectivity index (χ4v) is 9.78. The molecule has 0 fully saturated rings. The van der Waals surface area contributed by atoms with Gasteiger partial charge in [-0.05, 0) is 37.1 Å². The van der Waals surface area contributed by atoms with Crippen molar-refractivity contribution in [2.24, 2.45) is 5.41 Å². The topological polar surface area (TPSA) is 89.5 Å². The Kier molecular flexibility index (Phi) is 9.02. The number of hydrogen-bond donors (Lipinski definition) is 0. The van der Waals surface area contributed by atoms with Gasteiger partial charge in [0.05, 0.1) is 14.2 Å². The average molecular weight is 584 g/mol. The molecule has 0 amide bonds. The van der Waals surface area contributed by atoms with Crippen LogP contribution in [0.3, 0.4) is 0 Å². The highest BCUT2D eigenvalue weighted by molar-refractivity contribution is 7.57. The van der Waals surface area contributed by atoms with Crippen LogP contribution >= 0.6 is 15.2 Å². The quantitative estimate of drug-likeness (QED) is 0.212. The van der Waals surface area contributed by atoms with Gasteiger partial charge in [-0.3, -0.25) is 9.13 Å². The molecule has 2 unspecified atom stereocenters. The second kappa shape index (κ2) is 10.5. The first-order valence-electron chi connectivity index (χ1n) is 10.5. The summed E-state index contributed by atoms with van der Waals surface area (Å²) in [5.74, 6) is -0.215. The lowest BCUT2D eigenvalue weighted by atomic mass is 9.60. The fourth-order valence-electron chi connectivity index (χ4n) is 5.22. The molecule has 37 heavy (non-hydrogen) atoms. The van der Waals surface area contributed by atoms with Crippen LogP contribution in [-0.4, -0.2) is 65.3 Å². The molecule has 2 rings (SSSR count). The van der Waals surface area contributed by atoms with E-state index in [4.69, 9.17) is 27.6 Å². The van der Waals surface area contributed by atoms with Gasteiger partial charge in [0.1, 0.15) is 21.8 Å². The summed E-state index contributed by atoms with van der Waals surface area (Å²) in [7, 11) is -5.90. The second-order valence-electron chi connectivity index (χ2n) is 8.02. The molecule has 0 N–H and O–H groups in total. The Morgan fingerprint density at radius 3 is 1.11 bits per heavy atom. The van der Waals surface area contributed by atoms with E-state index < -0.39 is 56.1 Å². The van der Waals surface area contributed by atoms with E-state index in [0.29, 0.717) is 40.6 Å². The van der Waals surface area contributed by atoms with Crippen LogP contribution in [0.25, 0.3) is 0 Å². The molecule has 8 nitrogen and oxygen atoms in total. The smallest absolute Gasteiger partial charge is 0.406 e. The fraction of sp³-hybridized carbons (Fsp3) is 0.619. The summed E-state index contributed by atoms with van der Waals surface area (Å²) in [5.41, 5.74) is -5.15. The number of hydrogen-bond acceptors (Lipinski definition) is 8. The number of ether oxygens (including phenoxy) is 2. The molecule has 2 aliphatic rings. The third-order valence-corrected chi connectivity index (χ3v) is 12.0. The van der Waals surface area contributed by atoms with E-state index in [1.807, 2.05) is 0 Å². The van der Waals surface area contributed by atoms with Gasteiger partial charge >= 0.3 is 27.5 Å². The molecule has 0 aromatic carbocycles. The zero-order valence-electron chi connectivity index (χ0n) is 20.8. The van der Waals surface area contributed by atoms with E-state index in [-0.39, 0.29) is 11.5 Å². The van der Waals surface area contributed by atoms with Crippen LogP contribution in [0.5, 0.6) is 0 Å². The van der Waals surface area contributed by atoms with E-state index in [1.165, 1.54) is 0 Å². The molecule has 0 saturated heterocycles. The minimum Gasteiger partial charge on any atom is -0.497 e. The first-order chi connectivity index (χ1) is 17.0. The van der Waals surface area contributed by atoms with E-state index in [0.717, 1.165) is 38.5 Å². The van der Waals surface area contributed by atoms with Crippen molar-refractivity contribution in [3.8, 4) is 0 Å². The summed E-state index contributed by atoms with van der Waals surface area (Å²) < 4.78 is 150. The normalized spacial score (nSPS) is 25.5. The number of alkyl halides is 6. The van der Waals surface area contributed by atoms with Crippen molar-refractivity contribution in [1.29, 1.82) is 0 Å². The van der Waals surface area contributed by atoms with E-state index in [2.05, 4.69) is 0 Å². The van der Waals surface area contributed by atoms with Gasteiger partial charge in [0.15, 0.2) is 0 Å². The molecule has 0 bridgehead atoms. The predicted molar refractivity (Wildman–Crippen MR) is 121 cm³/mol. The number of allylic oxidation sites excluding steroid dienone is 6. The van der Waals surface area contributed by atoms with Crippen LogP contribution < -0.4 is 0 Å². The molecule has 0 spiro atoms. The largest absolute Gasteiger partial charge is 0.497 e. The second-order valence-corrected chi connectivity index (χ2v) is 13.1. The zero-order valence-corrected chi connectivity index (χ0v) is 22.6. The van der Waals surface area contributed by atoms with Gasteiger partial charge in [-0.2, -0.15) is 26.3 Å². The predicted octanol–water partition coefficient (Wildman–Crippen LogP) is 6.53. The van der Waals surface area contributed by atoms with Crippen LogP contribution in [0.4, 0.5) is 26.3 Å². The molecule has 0 saturated carbocycles. The summed E-state index contributed by atoms with van der Waals surface area (Å²) in [6.07, 6.45) is -10.8. The summed E-state index contributed by atoms with van der Waals surface area (Å²) >= 11 is 0. The van der Waals surface area contributed by atoms with Crippen molar-refractivity contribution in [3.63, 3.8) is 0 Å². The third-order valence-electron chi connectivity index (χ3n) is 6.83. The first kappa shape index (κ1) is 31.7. The minimum atomic E-state index is -6.31. The average Bonchev–Trinajstić information content (AvgIpc) is 2.86. The molecular formula is C21H28F6O8P2. The van der Waals surface area contributed by atoms with Gasteiger partial charge in [-0.15, -0.1) is 0 Å². The Balaban J connectivity index is 3.33. The van der Waals surface area contributed by atoms with E-state index in [9.17, 15) is 9.13 Å². The highest BCUT2D eigenvalue weighted by Gasteiger charge is 2.92. The molecule has 0 heterocycles.